The van der Waals surface area contributed by atoms with Crippen LogP contribution in [0.1, 0.15) is 15.4 Å². The van der Waals surface area contributed by atoms with Gasteiger partial charge < -0.3 is 15.0 Å². The van der Waals surface area contributed by atoms with Crippen molar-refractivity contribution in [3.05, 3.63) is 46.1 Å². The Morgan fingerprint density at radius 1 is 1.38 bits per heavy atom. The van der Waals surface area contributed by atoms with Gasteiger partial charge in [-0.2, -0.15) is 0 Å². The number of rotatable bonds is 3. The molecule has 1 N–H and O–H groups in total. The summed E-state index contributed by atoms with van der Waals surface area (Å²) in [6.45, 7) is -0.248. The van der Waals surface area contributed by atoms with Crippen molar-refractivity contribution in [2.75, 3.05) is 0 Å². The number of thiazole rings is 1. The molecule has 0 saturated carbocycles. The average molecular weight is 331 g/mol. The minimum Gasteiger partial charge on any atom is -0.544 e. The Bertz CT molecular complexity index is 798. The number of aromatic nitrogens is 2. The third kappa shape index (κ3) is 3.01. The predicted octanol–water partition coefficient (Wildman–Crippen LogP) is -1.42. The first-order valence-corrected chi connectivity index (χ1v) is 6.88. The van der Waals surface area contributed by atoms with Gasteiger partial charge >= 0.3 is 29.6 Å². The van der Waals surface area contributed by atoms with Crippen LogP contribution in [0.5, 0.6) is 0 Å². The van der Waals surface area contributed by atoms with Crippen LogP contribution in [-0.4, -0.2) is 20.5 Å². The fraction of sp³-hybridized carbons (Fsp3) is 0.0769. The number of carboxylic acids is 1. The molecule has 0 bridgehead atoms. The number of nitrogens with zero attached hydrogens (tertiary/aromatic N) is 2. The molecule has 5 nitrogen and oxygen atoms in total. The number of aliphatic hydroxyl groups excluding tert-OH is 1. The molecule has 0 aliphatic heterocycles. The molecule has 0 atom stereocenters. The predicted molar refractivity (Wildman–Crippen MR) is 73.8 cm³/mol. The molecule has 0 aliphatic carbocycles. The van der Waals surface area contributed by atoms with Crippen molar-refractivity contribution in [3.8, 4) is 11.3 Å². The molecular formula is C13H8ClN2NaO3S. The van der Waals surface area contributed by atoms with E-state index >= 15 is 0 Å². The molecule has 102 valence electrons. The number of imidazole rings is 1. The second-order valence-electron chi connectivity index (χ2n) is 4.11. The number of carbonyl (C=O) groups excluding carboxylic acids is 1. The third-order valence-corrected chi connectivity index (χ3v) is 4.11. The summed E-state index contributed by atoms with van der Waals surface area (Å²) in [5.74, 6) is -1.25. The molecule has 21 heavy (non-hydrogen) atoms. The molecule has 2 aromatic heterocycles. The molecule has 2 heterocycles. The second kappa shape index (κ2) is 6.48. The molecule has 0 saturated heterocycles. The Morgan fingerprint density at radius 3 is 2.62 bits per heavy atom. The van der Waals surface area contributed by atoms with Gasteiger partial charge in [-0.15, -0.1) is 0 Å². The number of fused-ring (bicyclic) bond motifs is 1. The van der Waals surface area contributed by atoms with Crippen molar-refractivity contribution in [2.24, 2.45) is 0 Å². The van der Waals surface area contributed by atoms with Gasteiger partial charge in [-0.05, 0) is 12.1 Å². The summed E-state index contributed by atoms with van der Waals surface area (Å²) in [5, 5.41) is 21.0. The minimum absolute atomic E-state index is 0. The molecule has 1 aromatic carbocycles. The standard InChI is InChI=1S/C13H9ClN2O3S.Na/c14-8-3-1-7(2-4-8)11-9(6-17)16-5-10(12(18)19)20-13(16)15-11;/h1-5,17H,6H2,(H,18,19);/q;+1/p-1. The van der Waals surface area contributed by atoms with E-state index in [4.69, 9.17) is 11.6 Å². The Balaban J connectivity index is 0.00000161. The van der Waals surface area contributed by atoms with Gasteiger partial charge in [-0.1, -0.05) is 35.1 Å². The quantitative estimate of drug-likeness (QED) is 0.598. The third-order valence-electron chi connectivity index (χ3n) is 2.89. The van der Waals surface area contributed by atoms with Crippen molar-refractivity contribution < 1.29 is 44.6 Å². The van der Waals surface area contributed by atoms with E-state index in [1.807, 2.05) is 0 Å². The number of carbonyl (C=O) groups is 1. The fourth-order valence-corrected chi connectivity index (χ4v) is 2.94. The number of hydrogen-bond donors (Lipinski definition) is 1. The minimum atomic E-state index is -1.25. The maximum atomic E-state index is 10.8. The van der Waals surface area contributed by atoms with E-state index in [-0.39, 0.29) is 41.0 Å². The first kappa shape index (κ1) is 16.5. The number of halogens is 1. The molecule has 3 aromatic rings. The van der Waals surface area contributed by atoms with Gasteiger partial charge in [0.25, 0.3) is 0 Å². The van der Waals surface area contributed by atoms with E-state index in [2.05, 4.69) is 4.98 Å². The second-order valence-corrected chi connectivity index (χ2v) is 5.55. The van der Waals surface area contributed by atoms with Crippen molar-refractivity contribution in [3.63, 3.8) is 0 Å². The summed E-state index contributed by atoms with van der Waals surface area (Å²) in [5.41, 5.74) is 1.95. The Hall–Kier alpha value is -0.890. The first-order valence-electron chi connectivity index (χ1n) is 5.69. The summed E-state index contributed by atoms with van der Waals surface area (Å²) in [6, 6.07) is 7.07. The van der Waals surface area contributed by atoms with E-state index in [1.165, 1.54) is 6.20 Å². The van der Waals surface area contributed by atoms with Crippen molar-refractivity contribution in [1.29, 1.82) is 0 Å². The summed E-state index contributed by atoms with van der Waals surface area (Å²) < 4.78 is 1.57. The van der Waals surface area contributed by atoms with Crippen LogP contribution in [-0.2, 0) is 6.61 Å². The van der Waals surface area contributed by atoms with E-state index in [0.29, 0.717) is 21.4 Å². The topological polar surface area (TPSA) is 77.7 Å². The summed E-state index contributed by atoms with van der Waals surface area (Å²) in [7, 11) is 0. The van der Waals surface area contributed by atoms with Crippen molar-refractivity contribution in [1.82, 2.24) is 9.38 Å². The van der Waals surface area contributed by atoms with Crippen LogP contribution in [0, 0.1) is 0 Å². The summed E-state index contributed by atoms with van der Waals surface area (Å²) >= 11 is 6.85. The fourth-order valence-electron chi connectivity index (χ4n) is 1.98. The maximum Gasteiger partial charge on any atom is 1.00 e. The van der Waals surface area contributed by atoms with Crippen molar-refractivity contribution >= 4 is 33.9 Å². The van der Waals surface area contributed by atoms with Crippen molar-refractivity contribution in [2.45, 2.75) is 6.61 Å². The number of aliphatic hydroxyl groups is 1. The van der Waals surface area contributed by atoms with E-state index in [9.17, 15) is 15.0 Å². The van der Waals surface area contributed by atoms with Gasteiger partial charge in [0.05, 0.1) is 28.8 Å². The zero-order valence-electron chi connectivity index (χ0n) is 11.0. The van der Waals surface area contributed by atoms with Gasteiger partial charge in [-0.3, -0.25) is 4.40 Å². The summed E-state index contributed by atoms with van der Waals surface area (Å²) in [6.07, 6.45) is 1.41. The van der Waals surface area contributed by atoms with Gasteiger partial charge in [-0.25, -0.2) is 4.98 Å². The molecule has 0 amide bonds. The van der Waals surface area contributed by atoms with Crippen LogP contribution in [0.4, 0.5) is 0 Å². The van der Waals surface area contributed by atoms with E-state index in [1.54, 1.807) is 28.7 Å². The van der Waals surface area contributed by atoms with Crippen LogP contribution in [0.25, 0.3) is 16.2 Å². The van der Waals surface area contributed by atoms with Crippen LogP contribution in [0.3, 0.4) is 0 Å². The Morgan fingerprint density at radius 2 is 2.05 bits per heavy atom. The monoisotopic (exact) mass is 330 g/mol. The normalized spacial score (nSPS) is 10.6. The number of aromatic carboxylic acids is 1. The largest absolute Gasteiger partial charge is 1.00 e. The molecule has 3 rings (SSSR count). The van der Waals surface area contributed by atoms with E-state index in [0.717, 1.165) is 16.9 Å². The number of carboxylic acid groups (broad SMARTS) is 1. The summed E-state index contributed by atoms with van der Waals surface area (Å²) in [4.78, 5) is 15.8. The van der Waals surface area contributed by atoms with Crippen LogP contribution >= 0.6 is 22.9 Å². The molecule has 0 fully saturated rings. The van der Waals surface area contributed by atoms with Crippen LogP contribution in [0.15, 0.2) is 30.5 Å². The molecule has 0 radical (unpaired) electrons. The maximum absolute atomic E-state index is 10.8. The number of hydrogen-bond acceptors (Lipinski definition) is 5. The smallest absolute Gasteiger partial charge is 0.544 e. The average Bonchev–Trinajstić information content (AvgIpc) is 2.96. The molecule has 0 unspecified atom stereocenters. The van der Waals surface area contributed by atoms with Gasteiger partial charge in [0.1, 0.15) is 0 Å². The molecule has 8 heteroatoms. The zero-order valence-corrected chi connectivity index (χ0v) is 14.6. The molecular weight excluding hydrogens is 323 g/mol. The van der Waals surface area contributed by atoms with Crippen LogP contribution in [0.2, 0.25) is 5.02 Å². The zero-order chi connectivity index (χ0) is 14.3. The number of benzene rings is 1. The Labute approximate surface area is 151 Å². The van der Waals surface area contributed by atoms with Crippen LogP contribution < -0.4 is 34.7 Å². The Kier molecular flexibility index (Phi) is 5.08. The van der Waals surface area contributed by atoms with E-state index < -0.39 is 5.97 Å². The van der Waals surface area contributed by atoms with Gasteiger partial charge in [0.2, 0.25) is 0 Å². The SMILES string of the molecule is O=C([O-])c1cn2c(CO)c(-c3ccc(Cl)cc3)nc2s1.[Na+]. The first-order chi connectivity index (χ1) is 9.60. The van der Waals surface area contributed by atoms with Gasteiger partial charge in [0, 0.05) is 16.8 Å². The van der Waals surface area contributed by atoms with Gasteiger partial charge in [0.15, 0.2) is 4.96 Å². The molecule has 0 spiro atoms. The molecule has 0 aliphatic rings.